The van der Waals surface area contributed by atoms with E-state index < -0.39 is 0 Å². The molecule has 6 heteroatoms. The van der Waals surface area contributed by atoms with Crippen LogP contribution in [0.4, 0.5) is 0 Å². The van der Waals surface area contributed by atoms with Gasteiger partial charge in [-0.05, 0) is 17.7 Å². The molecule has 0 unspecified atom stereocenters. The van der Waals surface area contributed by atoms with Gasteiger partial charge in [0.1, 0.15) is 5.01 Å². The van der Waals surface area contributed by atoms with Crippen molar-refractivity contribution in [3.05, 3.63) is 75.2 Å². The second-order valence-electron chi connectivity index (χ2n) is 5.20. The summed E-state index contributed by atoms with van der Waals surface area (Å²) >= 11 is 13.5. The van der Waals surface area contributed by atoms with Gasteiger partial charge >= 0.3 is 0 Å². The van der Waals surface area contributed by atoms with Gasteiger partial charge in [-0.2, -0.15) is 0 Å². The Morgan fingerprint density at radius 1 is 1.12 bits per heavy atom. The van der Waals surface area contributed by atoms with E-state index in [9.17, 15) is 4.79 Å². The highest BCUT2D eigenvalue weighted by Gasteiger charge is 2.10. The second-order valence-corrected chi connectivity index (χ2v) is 6.90. The van der Waals surface area contributed by atoms with Crippen LogP contribution < -0.4 is 5.32 Å². The number of hydrogen-bond donors (Lipinski definition) is 1. The number of aromatic nitrogens is 1. The molecule has 0 aliphatic carbocycles. The Morgan fingerprint density at radius 3 is 2.67 bits per heavy atom. The number of rotatable bonds is 5. The quantitative estimate of drug-likeness (QED) is 0.682. The topological polar surface area (TPSA) is 42.0 Å². The molecule has 1 N–H and O–H groups in total. The molecule has 24 heavy (non-hydrogen) atoms. The Morgan fingerprint density at radius 2 is 1.92 bits per heavy atom. The summed E-state index contributed by atoms with van der Waals surface area (Å²) in [4.78, 5) is 16.6. The number of nitrogens with one attached hydrogen (secondary N) is 1. The van der Waals surface area contributed by atoms with Crippen LogP contribution in [0.25, 0.3) is 10.6 Å². The van der Waals surface area contributed by atoms with Crippen molar-refractivity contribution >= 4 is 40.4 Å². The predicted molar refractivity (Wildman–Crippen MR) is 99.6 cm³/mol. The fourth-order valence-electron chi connectivity index (χ4n) is 2.19. The molecule has 1 aromatic heterocycles. The molecule has 122 valence electrons. The molecule has 0 aliphatic rings. The first-order valence-corrected chi connectivity index (χ1v) is 8.96. The van der Waals surface area contributed by atoms with Gasteiger partial charge in [-0.25, -0.2) is 4.98 Å². The number of nitrogens with zero attached hydrogens (tertiary/aromatic N) is 1. The molecule has 3 rings (SSSR count). The highest BCUT2D eigenvalue weighted by Crippen LogP contribution is 2.23. The first-order valence-electron chi connectivity index (χ1n) is 7.32. The van der Waals surface area contributed by atoms with Gasteiger partial charge < -0.3 is 5.32 Å². The van der Waals surface area contributed by atoms with Crippen molar-refractivity contribution in [1.29, 1.82) is 0 Å². The largest absolute Gasteiger partial charge is 0.352 e. The zero-order chi connectivity index (χ0) is 16.9. The van der Waals surface area contributed by atoms with Gasteiger partial charge in [0, 0.05) is 27.5 Å². The van der Waals surface area contributed by atoms with Gasteiger partial charge in [-0.15, -0.1) is 11.3 Å². The molecule has 0 saturated carbocycles. The third-order valence-electron chi connectivity index (χ3n) is 3.41. The molecule has 0 radical (unpaired) electrons. The van der Waals surface area contributed by atoms with Crippen molar-refractivity contribution in [1.82, 2.24) is 10.3 Å². The minimum Gasteiger partial charge on any atom is -0.352 e. The van der Waals surface area contributed by atoms with E-state index >= 15 is 0 Å². The molecule has 3 nitrogen and oxygen atoms in total. The fraction of sp³-hybridized carbons (Fsp3) is 0.111. The standard InChI is InChI=1S/C18H14Cl2N2OS/c19-14-7-6-13(16(20)8-14)10-21-17(23)9-15-11-24-18(22-15)12-4-2-1-3-5-12/h1-8,11H,9-10H2,(H,21,23). The first-order chi connectivity index (χ1) is 11.6. The zero-order valence-corrected chi connectivity index (χ0v) is 15.0. The Hall–Kier alpha value is -1.88. The van der Waals surface area contributed by atoms with Crippen molar-refractivity contribution < 1.29 is 4.79 Å². The molecule has 0 fully saturated rings. The number of benzene rings is 2. The summed E-state index contributed by atoms with van der Waals surface area (Å²) in [5.74, 6) is -0.0917. The highest BCUT2D eigenvalue weighted by molar-refractivity contribution is 7.13. The number of carbonyl (C=O) groups excluding carboxylic acids is 1. The average Bonchev–Trinajstić information content (AvgIpc) is 3.03. The summed E-state index contributed by atoms with van der Waals surface area (Å²) in [6.07, 6.45) is 0.245. The normalized spacial score (nSPS) is 10.6. The van der Waals surface area contributed by atoms with Gasteiger partial charge in [-0.3, -0.25) is 4.79 Å². The Balaban J connectivity index is 1.58. The third kappa shape index (κ3) is 4.35. The van der Waals surface area contributed by atoms with Crippen molar-refractivity contribution in [2.24, 2.45) is 0 Å². The lowest BCUT2D eigenvalue weighted by atomic mass is 10.2. The van der Waals surface area contributed by atoms with Crippen LogP contribution in [0, 0.1) is 0 Å². The molecule has 1 amide bonds. The molecule has 2 aromatic carbocycles. The number of hydrogen-bond acceptors (Lipinski definition) is 3. The molecular weight excluding hydrogens is 363 g/mol. The van der Waals surface area contributed by atoms with Gasteiger partial charge in [0.15, 0.2) is 0 Å². The zero-order valence-electron chi connectivity index (χ0n) is 12.6. The summed E-state index contributed by atoms with van der Waals surface area (Å²) in [5.41, 5.74) is 2.65. The molecule has 1 heterocycles. The van der Waals surface area contributed by atoms with Crippen LogP contribution in [-0.2, 0) is 17.8 Å². The summed E-state index contributed by atoms with van der Waals surface area (Å²) in [5, 5.41) is 6.80. The number of halogens is 2. The Labute approximate surface area is 154 Å². The molecule has 0 atom stereocenters. The molecule has 0 saturated heterocycles. The second kappa shape index (κ2) is 7.79. The Kier molecular flexibility index (Phi) is 5.51. The maximum atomic E-state index is 12.1. The minimum atomic E-state index is -0.0917. The van der Waals surface area contributed by atoms with E-state index in [1.165, 1.54) is 11.3 Å². The molecule has 0 spiro atoms. The van der Waals surface area contributed by atoms with Crippen LogP contribution in [0.2, 0.25) is 10.0 Å². The molecular formula is C18H14Cl2N2OS. The summed E-state index contributed by atoms with van der Waals surface area (Å²) in [6, 6.07) is 15.1. The van der Waals surface area contributed by atoms with Crippen LogP contribution in [0.5, 0.6) is 0 Å². The van der Waals surface area contributed by atoms with Crippen molar-refractivity contribution in [3.8, 4) is 10.6 Å². The smallest absolute Gasteiger partial charge is 0.226 e. The van der Waals surface area contributed by atoms with E-state index in [0.717, 1.165) is 21.8 Å². The van der Waals surface area contributed by atoms with Crippen molar-refractivity contribution in [3.63, 3.8) is 0 Å². The SMILES string of the molecule is O=C(Cc1csc(-c2ccccc2)n1)NCc1ccc(Cl)cc1Cl. The molecule has 0 aliphatic heterocycles. The highest BCUT2D eigenvalue weighted by atomic mass is 35.5. The third-order valence-corrected chi connectivity index (χ3v) is 4.93. The van der Waals surface area contributed by atoms with E-state index in [2.05, 4.69) is 10.3 Å². The predicted octanol–water partition coefficient (Wildman–Crippen LogP) is 4.98. The maximum Gasteiger partial charge on any atom is 0.226 e. The van der Waals surface area contributed by atoms with Gasteiger partial charge in [0.05, 0.1) is 12.1 Å². The van der Waals surface area contributed by atoms with Gasteiger partial charge in [0.25, 0.3) is 0 Å². The minimum absolute atomic E-state index is 0.0917. The lowest BCUT2D eigenvalue weighted by molar-refractivity contribution is -0.120. The van der Waals surface area contributed by atoms with Crippen molar-refractivity contribution in [2.75, 3.05) is 0 Å². The van der Waals surface area contributed by atoms with Gasteiger partial charge in [0.2, 0.25) is 5.91 Å². The van der Waals surface area contributed by atoms with Crippen LogP contribution in [0.15, 0.2) is 53.9 Å². The van der Waals surface area contributed by atoms with Crippen LogP contribution in [-0.4, -0.2) is 10.9 Å². The molecule has 3 aromatic rings. The first kappa shape index (κ1) is 17.0. The average molecular weight is 377 g/mol. The summed E-state index contributed by atoms with van der Waals surface area (Å²) < 4.78 is 0. The lowest BCUT2D eigenvalue weighted by Crippen LogP contribution is -2.24. The fourth-order valence-corrected chi connectivity index (χ4v) is 3.49. The van der Waals surface area contributed by atoms with Crippen molar-refractivity contribution in [2.45, 2.75) is 13.0 Å². The van der Waals surface area contributed by atoms with Crippen LogP contribution in [0.1, 0.15) is 11.3 Å². The van der Waals surface area contributed by atoms with E-state index in [0.29, 0.717) is 16.6 Å². The number of amides is 1. The Bertz CT molecular complexity index is 849. The van der Waals surface area contributed by atoms with E-state index in [1.807, 2.05) is 35.7 Å². The van der Waals surface area contributed by atoms with E-state index in [-0.39, 0.29) is 12.3 Å². The number of carbonyl (C=O) groups is 1. The van der Waals surface area contributed by atoms with Crippen LogP contribution >= 0.6 is 34.5 Å². The van der Waals surface area contributed by atoms with E-state index in [4.69, 9.17) is 23.2 Å². The van der Waals surface area contributed by atoms with Crippen LogP contribution in [0.3, 0.4) is 0 Å². The van der Waals surface area contributed by atoms with E-state index in [1.54, 1.807) is 18.2 Å². The monoisotopic (exact) mass is 376 g/mol. The number of thiazole rings is 1. The summed E-state index contributed by atoms with van der Waals surface area (Å²) in [7, 11) is 0. The van der Waals surface area contributed by atoms with Gasteiger partial charge in [-0.1, -0.05) is 59.6 Å². The maximum absolute atomic E-state index is 12.1. The molecule has 0 bridgehead atoms. The summed E-state index contributed by atoms with van der Waals surface area (Å²) in [6.45, 7) is 0.366. The lowest BCUT2D eigenvalue weighted by Gasteiger charge is -2.06.